The van der Waals surface area contributed by atoms with Crippen molar-refractivity contribution in [1.82, 2.24) is 9.96 Å². The average Bonchev–Trinajstić information content (AvgIpc) is 1.88. The smallest absolute Gasteiger partial charge is 0.0813 e. The number of hydrogen-bond acceptors (Lipinski definition) is 3. The second-order valence-corrected chi connectivity index (χ2v) is 3.07. The molecule has 1 fully saturated rings. The Labute approximate surface area is 62.5 Å². The second kappa shape index (κ2) is 3.32. The lowest BCUT2D eigenvalue weighted by molar-refractivity contribution is -0.230. The van der Waals surface area contributed by atoms with Crippen molar-refractivity contribution in [3.05, 3.63) is 0 Å². The van der Waals surface area contributed by atoms with Crippen molar-refractivity contribution in [3.63, 3.8) is 0 Å². The summed E-state index contributed by atoms with van der Waals surface area (Å²) in [4.78, 5) is 7.65. The molecule has 0 amide bonds. The molecule has 0 radical (unpaired) electrons. The van der Waals surface area contributed by atoms with E-state index in [0.29, 0.717) is 6.04 Å². The maximum atomic E-state index is 5.40. The van der Waals surface area contributed by atoms with Gasteiger partial charge in [-0.25, -0.2) is 0 Å². The number of hydroxylamine groups is 2. The lowest BCUT2D eigenvalue weighted by atomic mass is 10.4. The van der Waals surface area contributed by atoms with E-state index in [0.717, 1.165) is 19.8 Å². The van der Waals surface area contributed by atoms with Crippen LogP contribution < -0.4 is 0 Å². The second-order valence-electron chi connectivity index (χ2n) is 3.07. The van der Waals surface area contributed by atoms with Crippen LogP contribution in [0.5, 0.6) is 0 Å². The molecule has 0 unspecified atom stereocenters. The van der Waals surface area contributed by atoms with Crippen LogP contribution in [0.1, 0.15) is 13.8 Å². The van der Waals surface area contributed by atoms with Crippen LogP contribution in [-0.4, -0.2) is 42.9 Å². The van der Waals surface area contributed by atoms with Crippen molar-refractivity contribution in [2.45, 2.75) is 19.9 Å². The van der Waals surface area contributed by atoms with Crippen LogP contribution >= 0.6 is 0 Å². The molecule has 0 spiro atoms. The molecule has 0 bridgehead atoms. The molecule has 1 rings (SSSR count). The van der Waals surface area contributed by atoms with Crippen LogP contribution in [0, 0.1) is 0 Å². The highest BCUT2D eigenvalue weighted by Gasteiger charge is 2.16. The zero-order chi connectivity index (χ0) is 7.56. The molecular weight excluding hydrogens is 128 g/mol. The molecule has 10 heavy (non-hydrogen) atoms. The van der Waals surface area contributed by atoms with Crippen LogP contribution in [0.25, 0.3) is 0 Å². The van der Waals surface area contributed by atoms with Crippen LogP contribution in [-0.2, 0) is 4.84 Å². The van der Waals surface area contributed by atoms with Gasteiger partial charge in [0.25, 0.3) is 0 Å². The third-order valence-electron chi connectivity index (χ3n) is 1.69. The van der Waals surface area contributed by atoms with Crippen LogP contribution in [0.2, 0.25) is 0 Å². The van der Waals surface area contributed by atoms with Gasteiger partial charge in [0.15, 0.2) is 0 Å². The third-order valence-corrected chi connectivity index (χ3v) is 1.69. The largest absolute Gasteiger partial charge is 0.296 e. The van der Waals surface area contributed by atoms with Gasteiger partial charge in [-0.3, -0.25) is 9.74 Å². The quantitative estimate of drug-likeness (QED) is 0.534. The number of likely N-dealkylation sites (N-methyl/N-ethyl adjacent to an activating group) is 1. The zero-order valence-corrected chi connectivity index (χ0v) is 7.00. The Morgan fingerprint density at radius 3 is 2.50 bits per heavy atom. The topological polar surface area (TPSA) is 15.7 Å². The predicted molar refractivity (Wildman–Crippen MR) is 40.4 cm³/mol. The lowest BCUT2D eigenvalue weighted by Gasteiger charge is -2.34. The fourth-order valence-corrected chi connectivity index (χ4v) is 0.976. The minimum absolute atomic E-state index is 0.489. The Bertz CT molecular complexity index is 106. The minimum atomic E-state index is 0.489. The van der Waals surface area contributed by atoms with Crippen LogP contribution in [0.15, 0.2) is 0 Å². The van der Waals surface area contributed by atoms with Crippen molar-refractivity contribution in [1.29, 1.82) is 0 Å². The molecule has 0 N–H and O–H groups in total. The van der Waals surface area contributed by atoms with E-state index in [1.807, 2.05) is 5.06 Å². The summed E-state index contributed by atoms with van der Waals surface area (Å²) in [6.45, 7) is 7.08. The molecule has 0 aromatic heterocycles. The Hall–Kier alpha value is -0.120. The highest BCUT2D eigenvalue weighted by Crippen LogP contribution is 2.04. The molecular formula is C7H16N2O. The van der Waals surface area contributed by atoms with Crippen molar-refractivity contribution >= 4 is 0 Å². The Balaban J connectivity index is 2.32. The summed E-state index contributed by atoms with van der Waals surface area (Å²) in [5.74, 6) is 0. The molecule has 1 aliphatic heterocycles. The van der Waals surface area contributed by atoms with Crippen molar-refractivity contribution in [2.24, 2.45) is 0 Å². The SMILES string of the molecule is CC(C)N1CN(C)CCO1. The van der Waals surface area contributed by atoms with Gasteiger partial charge in [-0.05, 0) is 20.9 Å². The number of nitrogens with zero attached hydrogens (tertiary/aromatic N) is 2. The van der Waals surface area contributed by atoms with E-state index in [-0.39, 0.29) is 0 Å². The first-order valence-corrected chi connectivity index (χ1v) is 3.78. The van der Waals surface area contributed by atoms with Gasteiger partial charge in [-0.2, -0.15) is 5.06 Å². The maximum absolute atomic E-state index is 5.40. The van der Waals surface area contributed by atoms with Crippen LogP contribution in [0.4, 0.5) is 0 Å². The summed E-state index contributed by atoms with van der Waals surface area (Å²) < 4.78 is 0. The molecule has 0 aromatic rings. The fourth-order valence-electron chi connectivity index (χ4n) is 0.976. The normalized spacial score (nSPS) is 24.0. The summed E-state index contributed by atoms with van der Waals surface area (Å²) in [5.41, 5.74) is 0. The van der Waals surface area contributed by atoms with Gasteiger partial charge in [0.05, 0.1) is 13.3 Å². The minimum Gasteiger partial charge on any atom is -0.296 e. The first-order chi connectivity index (χ1) is 4.70. The van der Waals surface area contributed by atoms with Crippen molar-refractivity contribution in [3.8, 4) is 0 Å². The Morgan fingerprint density at radius 1 is 1.40 bits per heavy atom. The van der Waals surface area contributed by atoms with Gasteiger partial charge in [-0.1, -0.05) is 0 Å². The van der Waals surface area contributed by atoms with Crippen molar-refractivity contribution < 1.29 is 4.84 Å². The summed E-state index contributed by atoms with van der Waals surface area (Å²) in [5, 5.41) is 2.00. The van der Waals surface area contributed by atoms with Crippen molar-refractivity contribution in [2.75, 3.05) is 26.9 Å². The molecule has 60 valence electrons. The van der Waals surface area contributed by atoms with E-state index >= 15 is 0 Å². The van der Waals surface area contributed by atoms with E-state index in [9.17, 15) is 0 Å². The predicted octanol–water partition coefficient (Wildman–Crippen LogP) is 0.531. The fraction of sp³-hybridized carbons (Fsp3) is 1.00. The highest BCUT2D eigenvalue weighted by molar-refractivity contribution is 4.58. The van der Waals surface area contributed by atoms with Gasteiger partial charge < -0.3 is 0 Å². The van der Waals surface area contributed by atoms with Gasteiger partial charge in [0.1, 0.15) is 0 Å². The molecule has 0 atom stereocenters. The van der Waals surface area contributed by atoms with Gasteiger partial charge in [-0.15, -0.1) is 0 Å². The van der Waals surface area contributed by atoms with Gasteiger partial charge in [0.2, 0.25) is 0 Å². The third kappa shape index (κ3) is 1.94. The summed E-state index contributed by atoms with van der Waals surface area (Å²) in [6, 6.07) is 0.489. The maximum Gasteiger partial charge on any atom is 0.0813 e. The molecule has 1 aliphatic rings. The van der Waals surface area contributed by atoms with E-state index in [2.05, 4.69) is 25.8 Å². The number of hydrogen-bond donors (Lipinski definition) is 0. The van der Waals surface area contributed by atoms with Gasteiger partial charge in [0, 0.05) is 12.6 Å². The molecule has 0 saturated carbocycles. The molecule has 3 heteroatoms. The molecule has 0 aliphatic carbocycles. The standard InChI is InChI=1S/C7H16N2O/c1-7(2)9-6-8(3)4-5-10-9/h7H,4-6H2,1-3H3. The van der Waals surface area contributed by atoms with Gasteiger partial charge >= 0.3 is 0 Å². The van der Waals surface area contributed by atoms with E-state index < -0.39 is 0 Å². The molecule has 1 heterocycles. The molecule has 1 saturated heterocycles. The van der Waals surface area contributed by atoms with E-state index in [4.69, 9.17) is 4.84 Å². The average molecular weight is 144 g/mol. The summed E-state index contributed by atoms with van der Waals surface area (Å²) in [7, 11) is 2.11. The zero-order valence-electron chi connectivity index (χ0n) is 7.00. The molecule has 0 aromatic carbocycles. The number of rotatable bonds is 1. The van der Waals surface area contributed by atoms with E-state index in [1.165, 1.54) is 0 Å². The highest BCUT2D eigenvalue weighted by atomic mass is 16.7. The van der Waals surface area contributed by atoms with E-state index in [1.54, 1.807) is 0 Å². The Kier molecular flexibility index (Phi) is 2.65. The summed E-state index contributed by atoms with van der Waals surface area (Å²) in [6.07, 6.45) is 0. The first kappa shape index (κ1) is 7.98. The summed E-state index contributed by atoms with van der Waals surface area (Å²) >= 11 is 0. The Morgan fingerprint density at radius 2 is 2.10 bits per heavy atom. The van der Waals surface area contributed by atoms with Crippen LogP contribution in [0.3, 0.4) is 0 Å². The lowest BCUT2D eigenvalue weighted by Crippen LogP contribution is -2.46. The monoisotopic (exact) mass is 144 g/mol. The molecule has 3 nitrogen and oxygen atoms in total. The first-order valence-electron chi connectivity index (χ1n) is 3.78.